The molecule has 0 aliphatic carbocycles. The van der Waals surface area contributed by atoms with E-state index in [1.807, 2.05) is 62.4 Å². The summed E-state index contributed by atoms with van der Waals surface area (Å²) in [5.41, 5.74) is 1.93. The number of nitrogens with one attached hydrogen (secondary N) is 1. The van der Waals surface area contributed by atoms with E-state index in [9.17, 15) is 4.79 Å². The summed E-state index contributed by atoms with van der Waals surface area (Å²) >= 11 is 6.24. The Morgan fingerprint density at radius 3 is 2.60 bits per heavy atom. The highest BCUT2D eigenvalue weighted by Gasteiger charge is 2.05. The Morgan fingerprint density at radius 1 is 1.24 bits per heavy atom. The minimum Gasteiger partial charge on any atom is -0.437 e. The van der Waals surface area contributed by atoms with Gasteiger partial charge < -0.3 is 10.1 Å². The van der Waals surface area contributed by atoms with Crippen LogP contribution in [0.5, 0.6) is 11.6 Å². The minimum atomic E-state index is -0.0589. The summed E-state index contributed by atoms with van der Waals surface area (Å²) in [4.78, 5) is 15.3. The number of carbonyl (C=O) groups is 1. The lowest BCUT2D eigenvalue weighted by Gasteiger charge is -2.08. The number of amides is 1. The van der Waals surface area contributed by atoms with Gasteiger partial charge in [-0.1, -0.05) is 42.0 Å². The van der Waals surface area contributed by atoms with Crippen LogP contribution in [0, 0.1) is 0 Å². The molecule has 25 heavy (non-hydrogen) atoms. The molecule has 0 radical (unpaired) electrons. The van der Waals surface area contributed by atoms with E-state index >= 15 is 0 Å². The maximum absolute atomic E-state index is 11.0. The molecule has 2 rings (SSSR count). The van der Waals surface area contributed by atoms with Crippen molar-refractivity contribution >= 4 is 29.7 Å². The van der Waals surface area contributed by atoms with Crippen molar-refractivity contribution < 1.29 is 9.53 Å². The van der Waals surface area contributed by atoms with Crippen molar-refractivity contribution in [1.82, 2.24) is 10.3 Å². The largest absolute Gasteiger partial charge is 0.437 e. The molecule has 1 atom stereocenters. The topological polar surface area (TPSA) is 51.2 Å². The Balaban J connectivity index is 2.03. The lowest BCUT2D eigenvalue weighted by Crippen LogP contribution is -2.28. The number of ether oxygens (including phenoxy) is 1. The van der Waals surface area contributed by atoms with Crippen LogP contribution in [0.4, 0.5) is 0 Å². The van der Waals surface area contributed by atoms with Crippen molar-refractivity contribution in [2.45, 2.75) is 26.8 Å². The van der Waals surface area contributed by atoms with Crippen LogP contribution in [-0.4, -0.2) is 16.9 Å². The summed E-state index contributed by atoms with van der Waals surface area (Å²) in [6, 6.07) is 9.23. The van der Waals surface area contributed by atoms with Gasteiger partial charge >= 0.3 is 0 Å². The van der Waals surface area contributed by atoms with Gasteiger partial charge in [-0.3, -0.25) is 4.79 Å². The number of allylic oxidation sites excluding steroid dienone is 1. The van der Waals surface area contributed by atoms with Gasteiger partial charge in [0.2, 0.25) is 11.8 Å². The highest BCUT2D eigenvalue weighted by molar-refractivity contribution is 6.32. The number of aromatic nitrogens is 1. The van der Waals surface area contributed by atoms with Crippen molar-refractivity contribution in [3.05, 3.63) is 64.8 Å². The number of nitrogens with zero attached hydrogens (tertiary/aromatic N) is 1. The van der Waals surface area contributed by atoms with E-state index in [0.717, 1.165) is 11.1 Å². The Morgan fingerprint density at radius 2 is 2.00 bits per heavy atom. The molecule has 0 aliphatic heterocycles. The average molecular weight is 357 g/mol. The summed E-state index contributed by atoms with van der Waals surface area (Å²) in [5, 5.41) is 3.32. The van der Waals surface area contributed by atoms with Gasteiger partial charge in [0.25, 0.3) is 0 Å². The third-order valence-corrected chi connectivity index (χ3v) is 3.59. The summed E-state index contributed by atoms with van der Waals surface area (Å²) in [5.74, 6) is 0.967. The first-order valence-electron chi connectivity index (χ1n) is 7.99. The zero-order valence-electron chi connectivity index (χ0n) is 14.5. The van der Waals surface area contributed by atoms with Crippen LogP contribution in [-0.2, 0) is 4.79 Å². The molecule has 1 aromatic heterocycles. The summed E-state index contributed by atoms with van der Waals surface area (Å²) < 4.78 is 5.73. The Bertz CT molecular complexity index is 783. The molecule has 0 bridgehead atoms. The maximum atomic E-state index is 11.0. The van der Waals surface area contributed by atoms with Crippen LogP contribution >= 0.6 is 11.6 Å². The zero-order valence-corrected chi connectivity index (χ0v) is 15.2. The molecule has 4 nitrogen and oxygen atoms in total. The van der Waals surface area contributed by atoms with Gasteiger partial charge in [-0.05, 0) is 43.2 Å². The minimum absolute atomic E-state index is 0.0390. The Hall–Kier alpha value is -2.59. The van der Waals surface area contributed by atoms with Gasteiger partial charge in [0.05, 0.1) is 5.02 Å². The summed E-state index contributed by atoms with van der Waals surface area (Å²) in [6.07, 6.45) is 9.42. The van der Waals surface area contributed by atoms with Crippen LogP contribution < -0.4 is 10.1 Å². The molecule has 0 saturated carbocycles. The zero-order chi connectivity index (χ0) is 18.2. The summed E-state index contributed by atoms with van der Waals surface area (Å²) in [6.45, 7) is 5.35. The highest BCUT2D eigenvalue weighted by Crippen LogP contribution is 2.29. The fraction of sp³-hybridized carbons (Fsp3) is 0.200. The first-order valence-corrected chi connectivity index (χ1v) is 8.37. The molecular weight excluding hydrogens is 336 g/mol. The molecule has 1 aromatic carbocycles. The third kappa shape index (κ3) is 6.08. The normalized spacial score (nSPS) is 12.5. The first kappa shape index (κ1) is 18.7. The molecule has 0 fully saturated rings. The van der Waals surface area contributed by atoms with E-state index in [2.05, 4.69) is 10.3 Å². The third-order valence-electron chi connectivity index (χ3n) is 3.30. The van der Waals surface area contributed by atoms with Gasteiger partial charge in [0, 0.05) is 25.2 Å². The molecule has 2 aromatic rings. The number of pyridine rings is 1. The fourth-order valence-corrected chi connectivity index (χ4v) is 2.41. The number of hydrogen-bond donors (Lipinski definition) is 1. The van der Waals surface area contributed by atoms with E-state index in [1.165, 1.54) is 6.92 Å². The molecule has 5 heteroatoms. The van der Waals surface area contributed by atoms with Gasteiger partial charge in [-0.25, -0.2) is 4.98 Å². The average Bonchev–Trinajstić information content (AvgIpc) is 2.56. The lowest BCUT2D eigenvalue weighted by molar-refractivity contribution is -0.119. The van der Waals surface area contributed by atoms with E-state index in [0.29, 0.717) is 16.7 Å². The highest BCUT2D eigenvalue weighted by atomic mass is 35.5. The first-order chi connectivity index (χ1) is 12.0. The monoisotopic (exact) mass is 356 g/mol. The van der Waals surface area contributed by atoms with Crippen molar-refractivity contribution in [1.29, 1.82) is 0 Å². The van der Waals surface area contributed by atoms with Crippen LogP contribution in [0.1, 0.15) is 31.9 Å². The molecule has 1 amide bonds. The number of hydrogen-bond acceptors (Lipinski definition) is 3. The van der Waals surface area contributed by atoms with Crippen LogP contribution in [0.2, 0.25) is 5.02 Å². The molecular formula is C20H21ClN2O2. The second kappa shape index (κ2) is 9.04. The molecule has 1 N–H and O–H groups in total. The van der Waals surface area contributed by atoms with Crippen LogP contribution in [0.15, 0.2) is 48.7 Å². The van der Waals surface area contributed by atoms with Crippen LogP contribution in [0.25, 0.3) is 12.2 Å². The predicted octanol–water partition coefficient (Wildman–Crippen LogP) is 5.10. The van der Waals surface area contributed by atoms with Crippen molar-refractivity contribution in [3.8, 4) is 11.6 Å². The van der Waals surface area contributed by atoms with Crippen molar-refractivity contribution in [3.63, 3.8) is 0 Å². The Kier molecular flexibility index (Phi) is 6.78. The van der Waals surface area contributed by atoms with E-state index in [4.69, 9.17) is 16.3 Å². The lowest BCUT2D eigenvalue weighted by atomic mass is 10.2. The second-order valence-electron chi connectivity index (χ2n) is 5.57. The van der Waals surface area contributed by atoms with Crippen LogP contribution in [0.3, 0.4) is 0 Å². The fourth-order valence-electron chi connectivity index (χ4n) is 2.18. The van der Waals surface area contributed by atoms with Gasteiger partial charge in [0.1, 0.15) is 5.75 Å². The second-order valence-corrected chi connectivity index (χ2v) is 5.98. The van der Waals surface area contributed by atoms with E-state index in [1.54, 1.807) is 12.3 Å². The number of rotatable bonds is 6. The molecule has 1 heterocycles. The van der Waals surface area contributed by atoms with Gasteiger partial charge in [-0.15, -0.1) is 0 Å². The van der Waals surface area contributed by atoms with Gasteiger partial charge in [0.15, 0.2) is 0 Å². The number of benzene rings is 1. The molecule has 0 saturated heterocycles. The molecule has 0 aliphatic rings. The van der Waals surface area contributed by atoms with Gasteiger partial charge in [-0.2, -0.15) is 0 Å². The smallest absolute Gasteiger partial charge is 0.219 e. The standard InChI is InChI=1S/C20H21ClN2O2/c1-4-5-16-8-10-19(18(21)12-16)25-20-11-9-17(13-22-20)7-6-14(2)23-15(3)24/h4-14H,1-3H3,(H,23,24)/b5-4+,7-6+/t14-/m0/s1. The number of halogens is 1. The maximum Gasteiger partial charge on any atom is 0.219 e. The van der Waals surface area contributed by atoms with Crippen molar-refractivity contribution in [2.75, 3.05) is 0 Å². The molecule has 0 unspecified atom stereocenters. The SMILES string of the molecule is C/C=C/c1ccc(Oc2ccc(/C=C/[C@H](C)NC(C)=O)cn2)c(Cl)c1. The quantitative estimate of drug-likeness (QED) is 0.783. The molecule has 130 valence electrons. The van der Waals surface area contributed by atoms with E-state index < -0.39 is 0 Å². The number of carbonyl (C=O) groups excluding carboxylic acids is 1. The van der Waals surface area contributed by atoms with Crippen molar-refractivity contribution in [2.24, 2.45) is 0 Å². The Labute approximate surface area is 153 Å². The predicted molar refractivity (Wildman–Crippen MR) is 103 cm³/mol. The van der Waals surface area contributed by atoms with E-state index in [-0.39, 0.29) is 11.9 Å². The molecule has 0 spiro atoms. The summed E-state index contributed by atoms with van der Waals surface area (Å²) in [7, 11) is 0.